The first-order chi connectivity index (χ1) is 5.82. The summed E-state index contributed by atoms with van der Waals surface area (Å²) >= 11 is 2.52. The molecule has 0 bridgehead atoms. The van der Waals surface area contributed by atoms with Crippen molar-refractivity contribution in [2.45, 2.75) is 51.6 Å². The van der Waals surface area contributed by atoms with E-state index < -0.39 is 0 Å². The highest BCUT2D eigenvalue weighted by molar-refractivity contribution is 14.1. The number of likely N-dealkylation sites (tertiary alicyclic amines) is 1. The second-order valence-electron chi connectivity index (χ2n) is 5.52. The van der Waals surface area contributed by atoms with Gasteiger partial charge >= 0.3 is 0 Å². The van der Waals surface area contributed by atoms with Gasteiger partial charge in [-0.15, -0.1) is 0 Å². The van der Waals surface area contributed by atoms with Gasteiger partial charge in [-0.05, 0) is 46.6 Å². The van der Waals surface area contributed by atoms with Crippen LogP contribution in [0.2, 0.25) is 0 Å². The van der Waals surface area contributed by atoms with Crippen LogP contribution in [0.1, 0.15) is 40.5 Å². The SMILES string of the molecule is CC1CC(C)(C)N(C)C(C)(CI)C1. The third kappa shape index (κ3) is 2.20. The van der Waals surface area contributed by atoms with Crippen molar-refractivity contribution < 1.29 is 0 Å². The van der Waals surface area contributed by atoms with E-state index in [4.69, 9.17) is 0 Å². The Labute approximate surface area is 96.4 Å². The van der Waals surface area contributed by atoms with Gasteiger partial charge in [0.1, 0.15) is 0 Å². The number of halogens is 1. The molecule has 1 rings (SSSR count). The molecule has 78 valence electrons. The van der Waals surface area contributed by atoms with Crippen LogP contribution in [-0.2, 0) is 0 Å². The lowest BCUT2D eigenvalue weighted by molar-refractivity contribution is -0.0212. The maximum atomic E-state index is 2.58. The second-order valence-corrected chi connectivity index (χ2v) is 6.28. The summed E-state index contributed by atoms with van der Waals surface area (Å²) in [5, 5.41) is 0. The first-order valence-corrected chi connectivity index (χ1v) is 6.64. The zero-order valence-corrected chi connectivity index (χ0v) is 11.7. The minimum absolute atomic E-state index is 0.373. The van der Waals surface area contributed by atoms with Crippen molar-refractivity contribution in [2.75, 3.05) is 11.5 Å². The molecule has 2 atom stereocenters. The maximum Gasteiger partial charge on any atom is 0.0275 e. The molecule has 0 N–H and O–H groups in total. The highest BCUT2D eigenvalue weighted by atomic mass is 127. The van der Waals surface area contributed by atoms with E-state index >= 15 is 0 Å². The highest BCUT2D eigenvalue weighted by Gasteiger charge is 2.43. The maximum absolute atomic E-state index is 2.58. The van der Waals surface area contributed by atoms with Crippen LogP contribution < -0.4 is 0 Å². The Morgan fingerprint density at radius 1 is 1.31 bits per heavy atom. The summed E-state index contributed by atoms with van der Waals surface area (Å²) in [7, 11) is 2.28. The van der Waals surface area contributed by atoms with Crippen LogP contribution in [0.3, 0.4) is 0 Å². The van der Waals surface area contributed by atoms with E-state index in [1.165, 1.54) is 17.3 Å². The minimum atomic E-state index is 0.373. The van der Waals surface area contributed by atoms with Gasteiger partial charge < -0.3 is 0 Å². The van der Waals surface area contributed by atoms with Crippen LogP contribution in [0.15, 0.2) is 0 Å². The Kier molecular flexibility index (Phi) is 3.34. The fraction of sp³-hybridized carbons (Fsp3) is 1.00. The molecule has 0 aromatic heterocycles. The molecule has 0 radical (unpaired) electrons. The van der Waals surface area contributed by atoms with E-state index in [-0.39, 0.29) is 0 Å². The molecule has 0 spiro atoms. The van der Waals surface area contributed by atoms with E-state index in [2.05, 4.69) is 62.2 Å². The molecule has 13 heavy (non-hydrogen) atoms. The van der Waals surface area contributed by atoms with E-state index in [0.717, 1.165) is 5.92 Å². The second kappa shape index (κ2) is 3.69. The molecule has 0 aromatic rings. The fourth-order valence-electron chi connectivity index (χ4n) is 2.82. The lowest BCUT2D eigenvalue weighted by Gasteiger charge is -2.54. The fourth-order valence-corrected chi connectivity index (χ4v) is 3.65. The summed E-state index contributed by atoms with van der Waals surface area (Å²) in [4.78, 5) is 2.58. The van der Waals surface area contributed by atoms with Gasteiger partial charge in [0.15, 0.2) is 0 Å². The Bertz CT molecular complexity index is 191. The average molecular weight is 295 g/mol. The zero-order valence-electron chi connectivity index (χ0n) is 9.52. The van der Waals surface area contributed by atoms with Crippen molar-refractivity contribution in [1.29, 1.82) is 0 Å². The summed E-state index contributed by atoms with van der Waals surface area (Å²) in [5.41, 5.74) is 0.777. The van der Waals surface area contributed by atoms with Gasteiger partial charge in [-0.1, -0.05) is 29.5 Å². The Morgan fingerprint density at radius 3 is 2.31 bits per heavy atom. The Hall–Kier alpha value is 0.690. The largest absolute Gasteiger partial charge is 0.295 e. The summed E-state index contributed by atoms with van der Waals surface area (Å²) in [5.74, 6) is 0.867. The molecule has 0 amide bonds. The summed E-state index contributed by atoms with van der Waals surface area (Å²) in [6.45, 7) is 9.52. The number of hydrogen-bond donors (Lipinski definition) is 0. The van der Waals surface area contributed by atoms with Gasteiger partial charge in [-0.3, -0.25) is 4.90 Å². The van der Waals surface area contributed by atoms with Gasteiger partial charge in [0.2, 0.25) is 0 Å². The molecule has 0 aliphatic carbocycles. The van der Waals surface area contributed by atoms with Crippen molar-refractivity contribution in [1.82, 2.24) is 4.90 Å². The number of hydrogen-bond acceptors (Lipinski definition) is 1. The molecule has 0 saturated carbocycles. The smallest absolute Gasteiger partial charge is 0.0275 e. The van der Waals surface area contributed by atoms with Crippen LogP contribution in [0.25, 0.3) is 0 Å². The van der Waals surface area contributed by atoms with Crippen LogP contribution in [0, 0.1) is 5.92 Å². The monoisotopic (exact) mass is 295 g/mol. The molecule has 1 nitrogen and oxygen atoms in total. The molecule has 1 fully saturated rings. The van der Waals surface area contributed by atoms with Crippen LogP contribution >= 0.6 is 22.6 Å². The van der Waals surface area contributed by atoms with Crippen LogP contribution in [0.4, 0.5) is 0 Å². The molecule has 1 heterocycles. The highest BCUT2D eigenvalue weighted by Crippen LogP contribution is 2.40. The number of rotatable bonds is 1. The molecule has 1 saturated heterocycles. The predicted molar refractivity (Wildman–Crippen MR) is 67.5 cm³/mol. The van der Waals surface area contributed by atoms with E-state index in [0.29, 0.717) is 11.1 Å². The topological polar surface area (TPSA) is 3.24 Å². The third-order valence-electron chi connectivity index (χ3n) is 3.64. The van der Waals surface area contributed by atoms with Crippen molar-refractivity contribution in [3.63, 3.8) is 0 Å². The molecule has 2 heteroatoms. The average Bonchev–Trinajstić information content (AvgIpc) is 1.99. The normalized spacial score (nSPS) is 40.6. The summed E-state index contributed by atoms with van der Waals surface area (Å²) in [6, 6.07) is 0. The lowest BCUT2D eigenvalue weighted by atomic mass is 9.75. The Balaban J connectivity index is 2.88. The van der Waals surface area contributed by atoms with Crippen molar-refractivity contribution in [3.05, 3.63) is 0 Å². The van der Waals surface area contributed by atoms with Crippen LogP contribution in [0.5, 0.6) is 0 Å². The van der Waals surface area contributed by atoms with Gasteiger partial charge in [0.25, 0.3) is 0 Å². The lowest BCUT2D eigenvalue weighted by Crippen LogP contribution is -2.60. The summed E-state index contributed by atoms with van der Waals surface area (Å²) < 4.78 is 1.23. The molecule has 2 unspecified atom stereocenters. The molecular weight excluding hydrogens is 273 g/mol. The van der Waals surface area contributed by atoms with E-state index in [9.17, 15) is 0 Å². The first kappa shape index (κ1) is 11.8. The van der Waals surface area contributed by atoms with Crippen molar-refractivity contribution >= 4 is 22.6 Å². The number of alkyl halides is 1. The van der Waals surface area contributed by atoms with Gasteiger partial charge in [-0.2, -0.15) is 0 Å². The van der Waals surface area contributed by atoms with Gasteiger partial charge in [0.05, 0.1) is 0 Å². The van der Waals surface area contributed by atoms with E-state index in [1.807, 2.05) is 0 Å². The van der Waals surface area contributed by atoms with Gasteiger partial charge in [-0.25, -0.2) is 0 Å². The van der Waals surface area contributed by atoms with Crippen molar-refractivity contribution in [3.8, 4) is 0 Å². The van der Waals surface area contributed by atoms with E-state index in [1.54, 1.807) is 0 Å². The summed E-state index contributed by atoms with van der Waals surface area (Å²) in [6.07, 6.45) is 2.67. The molecular formula is C11H22IN. The van der Waals surface area contributed by atoms with Crippen molar-refractivity contribution in [2.24, 2.45) is 5.92 Å². The molecule has 1 aliphatic rings. The van der Waals surface area contributed by atoms with Gasteiger partial charge in [0, 0.05) is 15.5 Å². The predicted octanol–water partition coefficient (Wildman–Crippen LogP) is 3.32. The number of nitrogens with zero attached hydrogens (tertiary/aromatic N) is 1. The zero-order chi connectivity index (χ0) is 10.3. The quantitative estimate of drug-likeness (QED) is 0.530. The minimum Gasteiger partial charge on any atom is -0.295 e. The number of piperidine rings is 1. The molecule has 0 aromatic carbocycles. The Morgan fingerprint density at radius 2 is 1.85 bits per heavy atom. The standard InChI is InChI=1S/C11H22IN/c1-9-6-10(2,3)13(5)11(4,7-9)8-12/h9H,6-8H2,1-5H3. The molecule has 1 aliphatic heterocycles. The third-order valence-corrected chi connectivity index (χ3v) is 5.29. The first-order valence-electron chi connectivity index (χ1n) is 5.12. The van der Waals surface area contributed by atoms with Crippen LogP contribution in [-0.4, -0.2) is 27.5 Å².